The number of nitrogens with zero attached hydrogens (tertiary/aromatic N) is 2. The first-order valence-corrected chi connectivity index (χ1v) is 12.7. The van der Waals surface area contributed by atoms with Gasteiger partial charge in [-0.25, -0.2) is 14.8 Å². The minimum absolute atomic E-state index is 0.0505. The molecule has 2 heterocycles. The zero-order valence-corrected chi connectivity index (χ0v) is 20.1. The first kappa shape index (κ1) is 24.6. The molecule has 1 spiro atoms. The van der Waals surface area contributed by atoms with Crippen molar-refractivity contribution < 1.29 is 24.1 Å². The van der Waals surface area contributed by atoms with Gasteiger partial charge in [-0.1, -0.05) is 69.7 Å². The van der Waals surface area contributed by atoms with E-state index in [0.29, 0.717) is 5.56 Å². The predicted octanol–water partition coefficient (Wildman–Crippen LogP) is 6.60. The Kier molecular flexibility index (Phi) is 8.16. The maximum Gasteiger partial charge on any atom is 0.508 e. The summed E-state index contributed by atoms with van der Waals surface area (Å²) in [4.78, 5) is 20.6. The van der Waals surface area contributed by atoms with Gasteiger partial charge in [0.05, 0.1) is 0 Å². The first-order valence-electron chi connectivity index (χ1n) is 12.7. The number of carboxylic acid groups (broad SMARTS) is 1. The van der Waals surface area contributed by atoms with Crippen molar-refractivity contribution in [1.29, 1.82) is 0 Å². The van der Waals surface area contributed by atoms with Gasteiger partial charge in [-0.15, -0.1) is 0 Å². The highest BCUT2D eigenvalue weighted by Gasteiger charge is 2.54. The number of ether oxygens (including phenoxy) is 3. The van der Waals surface area contributed by atoms with Gasteiger partial charge in [0.25, 0.3) is 5.79 Å². The molecule has 1 aliphatic carbocycles. The summed E-state index contributed by atoms with van der Waals surface area (Å²) in [5.74, 6) is -1.33. The van der Waals surface area contributed by atoms with Crippen LogP contribution >= 0.6 is 0 Å². The van der Waals surface area contributed by atoms with Crippen molar-refractivity contribution in [2.24, 2.45) is 0 Å². The number of benzene rings is 1. The van der Waals surface area contributed by atoms with Gasteiger partial charge in [0.15, 0.2) is 5.79 Å². The van der Waals surface area contributed by atoms with E-state index in [-0.39, 0.29) is 6.61 Å². The average Bonchev–Trinajstić information content (AvgIpc) is 3.20. The molecule has 1 N–H and O–H groups in total. The van der Waals surface area contributed by atoms with Crippen LogP contribution in [0.15, 0.2) is 36.7 Å². The van der Waals surface area contributed by atoms with Crippen LogP contribution in [0, 0.1) is 0 Å². The Bertz CT molecular complexity index is 925. The van der Waals surface area contributed by atoms with E-state index in [1.54, 1.807) is 0 Å². The van der Waals surface area contributed by atoms with Gasteiger partial charge in [-0.3, -0.25) is 0 Å². The highest BCUT2D eigenvalue weighted by Crippen LogP contribution is 2.46. The van der Waals surface area contributed by atoms with Gasteiger partial charge >= 0.3 is 6.16 Å². The first-order chi connectivity index (χ1) is 16.5. The number of aryl methyl sites for hydroxylation is 1. The molecule has 1 atom stereocenters. The standard InChI is InChI=1S/C27H36N2O5/c1-2-3-4-5-6-8-11-24-28-18-22(19-29-24)21-12-14-23(15-13-21)27(33-25(30)31)20-32-26(34-27)16-9-7-10-17-26/h12-15,18-19H,2-11,16-17,20H2,1H3,(H,30,31)/t27-/m1/s1. The zero-order chi connectivity index (χ0) is 23.9. The minimum atomic E-state index is -1.45. The lowest BCUT2D eigenvalue weighted by Crippen LogP contribution is -2.39. The van der Waals surface area contributed by atoms with Crippen molar-refractivity contribution in [2.45, 2.75) is 95.5 Å². The molecule has 2 aliphatic rings. The summed E-state index contributed by atoms with van der Waals surface area (Å²) in [5, 5.41) is 9.39. The molecular formula is C27H36N2O5. The quantitative estimate of drug-likeness (QED) is 0.310. The summed E-state index contributed by atoms with van der Waals surface area (Å²) in [7, 11) is 0. The van der Waals surface area contributed by atoms with Crippen LogP contribution in [-0.4, -0.2) is 33.6 Å². The van der Waals surface area contributed by atoms with Crippen LogP contribution < -0.4 is 0 Å². The van der Waals surface area contributed by atoms with Crippen molar-refractivity contribution in [2.75, 3.05) is 6.61 Å². The topological polar surface area (TPSA) is 90.8 Å². The third kappa shape index (κ3) is 5.94. The van der Waals surface area contributed by atoms with Gasteiger partial charge in [0.1, 0.15) is 12.4 Å². The monoisotopic (exact) mass is 468 g/mol. The molecule has 1 aromatic carbocycles. The third-order valence-corrected chi connectivity index (χ3v) is 6.86. The third-order valence-electron chi connectivity index (χ3n) is 6.86. The highest BCUT2D eigenvalue weighted by molar-refractivity contribution is 5.62. The van der Waals surface area contributed by atoms with E-state index in [0.717, 1.165) is 61.9 Å². The fraction of sp³-hybridized carbons (Fsp3) is 0.593. The molecule has 1 aromatic heterocycles. The van der Waals surface area contributed by atoms with Crippen LogP contribution in [0.25, 0.3) is 11.1 Å². The van der Waals surface area contributed by atoms with E-state index in [4.69, 9.17) is 14.2 Å². The van der Waals surface area contributed by atoms with Crippen molar-refractivity contribution in [3.63, 3.8) is 0 Å². The molecule has 34 heavy (non-hydrogen) atoms. The smallest absolute Gasteiger partial charge is 0.450 e. The maximum absolute atomic E-state index is 11.5. The Morgan fingerprint density at radius 1 is 0.971 bits per heavy atom. The molecule has 2 fully saturated rings. The molecule has 7 nitrogen and oxygen atoms in total. The predicted molar refractivity (Wildman–Crippen MR) is 128 cm³/mol. The van der Waals surface area contributed by atoms with E-state index in [2.05, 4.69) is 16.9 Å². The number of hydrogen-bond donors (Lipinski definition) is 1. The van der Waals surface area contributed by atoms with E-state index in [1.807, 2.05) is 36.7 Å². The van der Waals surface area contributed by atoms with Crippen LogP contribution in [0.5, 0.6) is 0 Å². The highest BCUT2D eigenvalue weighted by atomic mass is 16.9. The Balaban J connectivity index is 1.41. The van der Waals surface area contributed by atoms with Crippen molar-refractivity contribution in [3.8, 4) is 11.1 Å². The molecule has 4 rings (SSSR count). The van der Waals surface area contributed by atoms with Gasteiger partial charge in [0, 0.05) is 42.8 Å². The second-order valence-electron chi connectivity index (χ2n) is 9.47. The molecule has 0 amide bonds. The summed E-state index contributed by atoms with van der Waals surface area (Å²) in [6, 6.07) is 7.52. The summed E-state index contributed by atoms with van der Waals surface area (Å²) >= 11 is 0. The molecular weight excluding hydrogens is 432 g/mol. The van der Waals surface area contributed by atoms with Crippen molar-refractivity contribution in [1.82, 2.24) is 9.97 Å². The molecule has 0 unspecified atom stereocenters. The normalized spacial score (nSPS) is 21.6. The Morgan fingerprint density at radius 3 is 2.32 bits per heavy atom. The molecule has 0 bridgehead atoms. The lowest BCUT2D eigenvalue weighted by molar-refractivity contribution is -0.264. The van der Waals surface area contributed by atoms with Crippen molar-refractivity contribution >= 4 is 6.16 Å². The summed E-state index contributed by atoms with van der Waals surface area (Å²) in [6.45, 7) is 2.28. The summed E-state index contributed by atoms with van der Waals surface area (Å²) in [5.41, 5.74) is 2.49. The molecule has 0 radical (unpaired) electrons. The number of aromatic nitrogens is 2. The lowest BCUT2D eigenvalue weighted by atomic mass is 9.94. The Hall–Kier alpha value is -2.51. The number of hydrogen-bond acceptors (Lipinski definition) is 6. The maximum atomic E-state index is 11.5. The Labute approximate surface area is 201 Å². The zero-order valence-electron chi connectivity index (χ0n) is 20.1. The lowest BCUT2D eigenvalue weighted by Gasteiger charge is -2.34. The molecule has 7 heteroatoms. The van der Waals surface area contributed by atoms with Gasteiger partial charge < -0.3 is 19.3 Å². The van der Waals surface area contributed by atoms with Crippen molar-refractivity contribution in [3.05, 3.63) is 48.0 Å². The minimum Gasteiger partial charge on any atom is -0.450 e. The molecule has 2 aromatic rings. The van der Waals surface area contributed by atoms with Gasteiger partial charge in [0.2, 0.25) is 0 Å². The Morgan fingerprint density at radius 2 is 1.65 bits per heavy atom. The molecule has 1 saturated heterocycles. The van der Waals surface area contributed by atoms with Crippen LogP contribution in [0.2, 0.25) is 0 Å². The van der Waals surface area contributed by atoms with Gasteiger partial charge in [-0.2, -0.15) is 0 Å². The number of unbranched alkanes of at least 4 members (excludes halogenated alkanes) is 5. The largest absolute Gasteiger partial charge is 0.508 e. The van der Waals surface area contributed by atoms with Crippen LogP contribution in [-0.2, 0) is 26.4 Å². The fourth-order valence-electron chi connectivity index (χ4n) is 4.93. The summed E-state index contributed by atoms with van der Waals surface area (Å²) < 4.78 is 17.6. The average molecular weight is 469 g/mol. The van der Waals surface area contributed by atoms with Crippen LogP contribution in [0.4, 0.5) is 4.79 Å². The van der Waals surface area contributed by atoms with Gasteiger partial charge in [-0.05, 0) is 24.8 Å². The number of rotatable bonds is 10. The SMILES string of the molecule is CCCCCCCCc1ncc(-c2ccc([C@@]3(OC(=O)O)COC4(CCCCC4)O3)cc2)cn1. The summed E-state index contributed by atoms with van der Waals surface area (Å²) in [6.07, 6.45) is 15.4. The molecule has 1 aliphatic heterocycles. The molecule has 1 saturated carbocycles. The van der Waals surface area contributed by atoms with Crippen LogP contribution in [0.1, 0.15) is 88.9 Å². The fourth-order valence-corrected chi connectivity index (χ4v) is 4.93. The number of carbonyl (C=O) groups is 1. The second kappa shape index (κ2) is 11.3. The van der Waals surface area contributed by atoms with E-state index in [9.17, 15) is 9.90 Å². The van der Waals surface area contributed by atoms with E-state index in [1.165, 1.54) is 32.1 Å². The van der Waals surface area contributed by atoms with E-state index >= 15 is 0 Å². The van der Waals surface area contributed by atoms with E-state index < -0.39 is 17.7 Å². The van der Waals surface area contributed by atoms with Crippen LogP contribution in [0.3, 0.4) is 0 Å². The molecule has 184 valence electrons. The second-order valence-corrected chi connectivity index (χ2v) is 9.47.